The molecular formula is C14H16BrN3. The van der Waals surface area contributed by atoms with Crippen molar-refractivity contribution < 1.29 is 0 Å². The van der Waals surface area contributed by atoms with Gasteiger partial charge in [0.1, 0.15) is 5.82 Å². The van der Waals surface area contributed by atoms with Crippen LogP contribution in [0.1, 0.15) is 24.9 Å². The van der Waals surface area contributed by atoms with E-state index >= 15 is 0 Å². The first kappa shape index (κ1) is 12.9. The zero-order valence-corrected chi connectivity index (χ0v) is 11.8. The molecule has 0 fully saturated rings. The van der Waals surface area contributed by atoms with E-state index in [1.165, 1.54) is 5.56 Å². The van der Waals surface area contributed by atoms with Gasteiger partial charge in [-0.25, -0.2) is 4.98 Å². The lowest BCUT2D eigenvalue weighted by molar-refractivity contribution is 0.744. The largest absolute Gasteiger partial charge is 0.397 e. The molecule has 0 saturated heterocycles. The van der Waals surface area contributed by atoms with Gasteiger partial charge >= 0.3 is 0 Å². The number of pyridine rings is 1. The van der Waals surface area contributed by atoms with Crippen molar-refractivity contribution in [1.29, 1.82) is 0 Å². The molecule has 2 aromatic rings. The third-order valence-corrected chi connectivity index (χ3v) is 3.39. The fraction of sp³-hybridized carbons (Fsp3) is 0.214. The SMILES string of the molecule is CCC(Nc1ncc(N)cc1Br)c1ccccc1. The Balaban J connectivity index is 2.21. The van der Waals surface area contributed by atoms with Gasteiger partial charge in [-0.05, 0) is 34.0 Å². The molecule has 0 amide bonds. The quantitative estimate of drug-likeness (QED) is 0.898. The van der Waals surface area contributed by atoms with Gasteiger partial charge in [0, 0.05) is 0 Å². The van der Waals surface area contributed by atoms with Crippen molar-refractivity contribution in [1.82, 2.24) is 4.98 Å². The van der Waals surface area contributed by atoms with Crippen molar-refractivity contribution in [2.24, 2.45) is 0 Å². The summed E-state index contributed by atoms with van der Waals surface area (Å²) in [6, 6.07) is 12.5. The fourth-order valence-corrected chi connectivity index (χ4v) is 2.31. The summed E-state index contributed by atoms with van der Waals surface area (Å²) >= 11 is 3.47. The number of hydrogen-bond donors (Lipinski definition) is 2. The second-order valence-electron chi connectivity index (χ2n) is 4.11. The third kappa shape index (κ3) is 3.01. The highest BCUT2D eigenvalue weighted by molar-refractivity contribution is 9.10. The second kappa shape index (κ2) is 5.87. The molecule has 0 spiro atoms. The molecule has 0 saturated carbocycles. The summed E-state index contributed by atoms with van der Waals surface area (Å²) in [4.78, 5) is 4.31. The molecule has 18 heavy (non-hydrogen) atoms. The number of anilines is 2. The number of nitrogens with zero attached hydrogens (tertiary/aromatic N) is 1. The summed E-state index contributed by atoms with van der Waals surface area (Å²) in [6.07, 6.45) is 2.65. The molecule has 4 heteroatoms. The van der Waals surface area contributed by atoms with Crippen LogP contribution in [0, 0.1) is 0 Å². The maximum atomic E-state index is 5.68. The van der Waals surface area contributed by atoms with Crippen LogP contribution in [0.2, 0.25) is 0 Å². The second-order valence-corrected chi connectivity index (χ2v) is 4.97. The third-order valence-electron chi connectivity index (χ3n) is 2.78. The number of nitrogen functional groups attached to an aromatic ring is 1. The molecule has 0 aliphatic heterocycles. The van der Waals surface area contributed by atoms with Crippen LogP contribution < -0.4 is 11.1 Å². The molecule has 2 rings (SSSR count). The Morgan fingerprint density at radius 2 is 2.06 bits per heavy atom. The van der Waals surface area contributed by atoms with E-state index in [0.29, 0.717) is 5.69 Å². The van der Waals surface area contributed by atoms with Crippen molar-refractivity contribution in [2.45, 2.75) is 19.4 Å². The van der Waals surface area contributed by atoms with Gasteiger partial charge in [0.25, 0.3) is 0 Å². The average Bonchev–Trinajstić information content (AvgIpc) is 2.39. The van der Waals surface area contributed by atoms with E-state index in [1.807, 2.05) is 24.3 Å². The Kier molecular flexibility index (Phi) is 4.20. The molecule has 94 valence electrons. The first-order chi connectivity index (χ1) is 8.70. The fourth-order valence-electron chi connectivity index (χ4n) is 1.83. The van der Waals surface area contributed by atoms with Crippen molar-refractivity contribution in [2.75, 3.05) is 11.1 Å². The van der Waals surface area contributed by atoms with E-state index in [-0.39, 0.29) is 6.04 Å². The predicted molar refractivity (Wildman–Crippen MR) is 79.4 cm³/mol. The monoisotopic (exact) mass is 305 g/mol. The van der Waals surface area contributed by atoms with E-state index in [2.05, 4.69) is 45.3 Å². The molecule has 3 nitrogen and oxygen atoms in total. The highest BCUT2D eigenvalue weighted by Crippen LogP contribution is 2.27. The van der Waals surface area contributed by atoms with Crippen LogP contribution in [0.4, 0.5) is 11.5 Å². The van der Waals surface area contributed by atoms with Crippen LogP contribution in [0.15, 0.2) is 47.1 Å². The number of aromatic nitrogens is 1. The predicted octanol–water partition coefficient (Wildman–Crippen LogP) is 3.99. The minimum atomic E-state index is 0.249. The molecule has 1 atom stereocenters. The maximum absolute atomic E-state index is 5.68. The number of hydrogen-bond acceptors (Lipinski definition) is 3. The molecule has 0 aliphatic rings. The van der Waals surface area contributed by atoms with Gasteiger partial charge in [-0.15, -0.1) is 0 Å². The van der Waals surface area contributed by atoms with Crippen LogP contribution in [-0.2, 0) is 0 Å². The normalized spacial score (nSPS) is 12.1. The van der Waals surface area contributed by atoms with E-state index in [1.54, 1.807) is 6.20 Å². The molecule has 0 radical (unpaired) electrons. The topological polar surface area (TPSA) is 50.9 Å². The number of halogens is 1. The van der Waals surface area contributed by atoms with Crippen molar-refractivity contribution >= 4 is 27.4 Å². The summed E-state index contributed by atoms with van der Waals surface area (Å²) in [6.45, 7) is 2.15. The maximum Gasteiger partial charge on any atom is 0.140 e. The summed E-state index contributed by atoms with van der Waals surface area (Å²) in [5.74, 6) is 0.819. The number of nitrogens with two attached hydrogens (primary N) is 1. The lowest BCUT2D eigenvalue weighted by Crippen LogP contribution is -2.11. The lowest BCUT2D eigenvalue weighted by Gasteiger charge is -2.19. The Hall–Kier alpha value is -1.55. The number of benzene rings is 1. The minimum Gasteiger partial charge on any atom is -0.397 e. The molecule has 3 N–H and O–H groups in total. The summed E-state index contributed by atoms with van der Waals surface area (Å²) in [5, 5.41) is 3.43. The van der Waals surface area contributed by atoms with Gasteiger partial charge in [0.05, 0.1) is 22.4 Å². The average molecular weight is 306 g/mol. The summed E-state index contributed by atoms with van der Waals surface area (Å²) in [5.41, 5.74) is 7.59. The van der Waals surface area contributed by atoms with E-state index in [4.69, 9.17) is 5.73 Å². The molecule has 1 aromatic carbocycles. The Bertz CT molecular complexity index is 514. The Morgan fingerprint density at radius 3 is 2.67 bits per heavy atom. The molecular weight excluding hydrogens is 290 g/mol. The smallest absolute Gasteiger partial charge is 0.140 e. The van der Waals surface area contributed by atoms with Gasteiger partial charge in [-0.3, -0.25) is 0 Å². The van der Waals surface area contributed by atoms with Gasteiger partial charge in [-0.2, -0.15) is 0 Å². The van der Waals surface area contributed by atoms with E-state index < -0.39 is 0 Å². The van der Waals surface area contributed by atoms with Gasteiger partial charge in [0.2, 0.25) is 0 Å². The Morgan fingerprint density at radius 1 is 1.33 bits per heavy atom. The van der Waals surface area contributed by atoms with Crippen LogP contribution >= 0.6 is 15.9 Å². The summed E-state index contributed by atoms with van der Waals surface area (Å²) in [7, 11) is 0. The van der Waals surface area contributed by atoms with Crippen molar-refractivity contribution in [3.8, 4) is 0 Å². The first-order valence-corrected chi connectivity index (χ1v) is 6.72. The van der Waals surface area contributed by atoms with Gasteiger partial charge in [0.15, 0.2) is 0 Å². The van der Waals surface area contributed by atoms with Crippen LogP contribution in [0.3, 0.4) is 0 Å². The standard InChI is InChI=1S/C14H16BrN3/c1-2-13(10-6-4-3-5-7-10)18-14-12(15)8-11(16)9-17-14/h3-9,13H,2,16H2,1H3,(H,17,18). The van der Waals surface area contributed by atoms with E-state index in [9.17, 15) is 0 Å². The molecule has 1 heterocycles. The molecule has 1 unspecified atom stereocenters. The highest BCUT2D eigenvalue weighted by atomic mass is 79.9. The zero-order valence-electron chi connectivity index (χ0n) is 10.2. The number of nitrogens with one attached hydrogen (secondary N) is 1. The molecule has 0 bridgehead atoms. The summed E-state index contributed by atoms with van der Waals surface area (Å²) < 4.78 is 0.886. The van der Waals surface area contributed by atoms with Crippen LogP contribution in [0.25, 0.3) is 0 Å². The van der Waals surface area contributed by atoms with Gasteiger partial charge in [-0.1, -0.05) is 37.3 Å². The van der Waals surface area contributed by atoms with Crippen molar-refractivity contribution in [3.63, 3.8) is 0 Å². The lowest BCUT2D eigenvalue weighted by atomic mass is 10.0. The van der Waals surface area contributed by atoms with E-state index in [0.717, 1.165) is 16.7 Å². The van der Waals surface area contributed by atoms with Crippen LogP contribution in [0.5, 0.6) is 0 Å². The molecule has 0 aliphatic carbocycles. The zero-order chi connectivity index (χ0) is 13.0. The highest BCUT2D eigenvalue weighted by Gasteiger charge is 2.11. The Labute approximate surface area is 116 Å². The first-order valence-electron chi connectivity index (χ1n) is 5.93. The minimum absolute atomic E-state index is 0.249. The van der Waals surface area contributed by atoms with Gasteiger partial charge < -0.3 is 11.1 Å². The molecule has 1 aromatic heterocycles. The van der Waals surface area contributed by atoms with Crippen LogP contribution in [-0.4, -0.2) is 4.98 Å². The van der Waals surface area contributed by atoms with Crippen molar-refractivity contribution in [3.05, 3.63) is 52.6 Å². The number of rotatable bonds is 4.